The average molecular weight is 505 g/mol. The van der Waals surface area contributed by atoms with Gasteiger partial charge in [-0.15, -0.1) is 0 Å². The molecule has 1 atom stereocenters. The van der Waals surface area contributed by atoms with Crippen LogP contribution in [0.1, 0.15) is 99.0 Å². The fraction of sp³-hybridized carbons (Fsp3) is 0.733. The Kier molecular flexibility index (Phi) is 8.37. The highest BCUT2D eigenvalue weighted by Crippen LogP contribution is 2.45. The number of aliphatic hydroxyl groups is 1. The zero-order valence-electron chi connectivity index (χ0n) is 24.5. The molecule has 0 fully saturated rings. The Morgan fingerprint density at radius 3 is 1.89 bits per heavy atom. The maximum Gasteiger partial charge on any atom is 0.343 e. The molecule has 1 aromatic rings. The van der Waals surface area contributed by atoms with Gasteiger partial charge in [0.05, 0.1) is 19.1 Å². The molecule has 1 aromatic carbocycles. The van der Waals surface area contributed by atoms with E-state index in [-0.39, 0.29) is 45.7 Å². The monoisotopic (exact) mass is 504 g/mol. The van der Waals surface area contributed by atoms with E-state index in [1.807, 2.05) is 41.5 Å². The summed E-state index contributed by atoms with van der Waals surface area (Å²) in [7, 11) is 0. The molecule has 2 rings (SSSR count). The van der Waals surface area contributed by atoms with E-state index < -0.39 is 24.1 Å². The summed E-state index contributed by atoms with van der Waals surface area (Å²) in [6.45, 7) is 24.8. The van der Waals surface area contributed by atoms with Gasteiger partial charge in [0.1, 0.15) is 17.9 Å². The predicted octanol–water partition coefficient (Wildman–Crippen LogP) is 6.38. The molecule has 6 nitrogen and oxygen atoms in total. The molecule has 1 aliphatic rings. The third kappa shape index (κ3) is 6.42. The van der Waals surface area contributed by atoms with E-state index in [0.717, 1.165) is 0 Å². The van der Waals surface area contributed by atoms with Crippen molar-refractivity contribution in [1.29, 1.82) is 0 Å². The van der Waals surface area contributed by atoms with Crippen molar-refractivity contribution in [1.82, 2.24) is 0 Å². The van der Waals surface area contributed by atoms with Gasteiger partial charge >= 0.3 is 11.9 Å². The first kappa shape index (κ1) is 30.1. The smallest absolute Gasteiger partial charge is 0.343 e. The number of ether oxygens (including phenoxy) is 3. The van der Waals surface area contributed by atoms with E-state index in [0.29, 0.717) is 17.9 Å². The third-order valence-corrected chi connectivity index (χ3v) is 7.18. The van der Waals surface area contributed by atoms with Crippen LogP contribution in [0.15, 0.2) is 18.2 Å². The molecule has 0 aromatic heterocycles. The second-order valence-corrected chi connectivity index (χ2v) is 14.6. The van der Waals surface area contributed by atoms with Crippen molar-refractivity contribution in [2.75, 3.05) is 19.8 Å². The minimum Gasteiger partial charge on any atom is -0.492 e. The van der Waals surface area contributed by atoms with Crippen molar-refractivity contribution in [3.63, 3.8) is 0 Å². The fourth-order valence-corrected chi connectivity index (χ4v) is 6.04. The average Bonchev–Trinajstić information content (AvgIpc) is 2.95. The van der Waals surface area contributed by atoms with E-state index in [9.17, 15) is 14.7 Å². The van der Waals surface area contributed by atoms with Crippen molar-refractivity contribution in [2.45, 2.75) is 88.7 Å². The van der Waals surface area contributed by atoms with Gasteiger partial charge in [-0.2, -0.15) is 0 Å². The van der Waals surface area contributed by atoms with Gasteiger partial charge in [0, 0.05) is 11.5 Å². The highest BCUT2D eigenvalue weighted by atomic mass is 16.6. The van der Waals surface area contributed by atoms with Crippen molar-refractivity contribution < 1.29 is 28.9 Å². The Balaban J connectivity index is 2.35. The molecule has 1 heterocycles. The highest BCUT2D eigenvalue weighted by Gasteiger charge is 2.50. The van der Waals surface area contributed by atoms with Crippen LogP contribution in [0.3, 0.4) is 0 Å². The minimum atomic E-state index is -1.46. The van der Waals surface area contributed by atoms with Gasteiger partial charge in [0.25, 0.3) is 0 Å². The van der Waals surface area contributed by atoms with Crippen LogP contribution in [0.25, 0.3) is 0 Å². The molecule has 0 saturated heterocycles. The summed E-state index contributed by atoms with van der Waals surface area (Å²) < 4.78 is 17.7. The summed E-state index contributed by atoms with van der Waals surface area (Å²) >= 11 is 0. The van der Waals surface area contributed by atoms with Crippen LogP contribution in [0.5, 0.6) is 5.75 Å². The number of aliphatic hydroxyl groups excluding tert-OH is 1. The molecule has 204 valence electrons. The minimum absolute atomic E-state index is 0.00355. The molecular weight excluding hydrogens is 456 g/mol. The fourth-order valence-electron chi connectivity index (χ4n) is 6.04. The van der Waals surface area contributed by atoms with Crippen molar-refractivity contribution >= 4 is 11.9 Å². The van der Waals surface area contributed by atoms with Crippen LogP contribution in [-0.4, -0.2) is 36.9 Å². The topological polar surface area (TPSA) is 82.1 Å². The van der Waals surface area contributed by atoms with Gasteiger partial charge in [0.2, 0.25) is 0 Å². The summed E-state index contributed by atoms with van der Waals surface area (Å²) in [5.74, 6) is -0.720. The Morgan fingerprint density at radius 2 is 1.44 bits per heavy atom. The van der Waals surface area contributed by atoms with Gasteiger partial charge in [-0.25, -0.2) is 4.79 Å². The first-order valence-corrected chi connectivity index (χ1v) is 12.9. The largest absolute Gasteiger partial charge is 0.492 e. The van der Waals surface area contributed by atoms with E-state index in [1.165, 1.54) is 0 Å². The van der Waals surface area contributed by atoms with E-state index in [2.05, 4.69) is 41.5 Å². The second kappa shape index (κ2) is 10.00. The molecular formula is C30H48O6. The first-order valence-electron chi connectivity index (χ1n) is 12.9. The van der Waals surface area contributed by atoms with E-state index >= 15 is 0 Å². The van der Waals surface area contributed by atoms with Crippen molar-refractivity contribution in [3.8, 4) is 5.75 Å². The van der Waals surface area contributed by atoms with Gasteiger partial charge < -0.3 is 19.3 Å². The third-order valence-electron chi connectivity index (χ3n) is 7.18. The summed E-state index contributed by atoms with van der Waals surface area (Å²) in [6.07, 6.45) is 0. The molecule has 0 bridgehead atoms. The lowest BCUT2D eigenvalue weighted by molar-refractivity contribution is -0.168. The zero-order chi connectivity index (χ0) is 27.9. The van der Waals surface area contributed by atoms with Crippen LogP contribution in [0.4, 0.5) is 0 Å². The Bertz CT molecular complexity index is 924. The quantitative estimate of drug-likeness (QED) is 0.434. The standard InChI is InChI=1S/C30H48O6/c1-26(2,3)21(27(4,5)6)16-34-20-15-13-14-19-22(20)24(32)36-30(19,17-31)18-35-25(33)23(28(7,8)9)29(10,11)12/h13-15,21,23,31H,16-18H2,1-12H3/t30-/m1/s1. The number of rotatable bonds is 7. The van der Waals surface area contributed by atoms with E-state index in [4.69, 9.17) is 14.2 Å². The summed E-state index contributed by atoms with van der Waals surface area (Å²) in [5, 5.41) is 10.4. The van der Waals surface area contributed by atoms with Crippen LogP contribution in [0.2, 0.25) is 0 Å². The Morgan fingerprint density at radius 1 is 0.917 bits per heavy atom. The predicted molar refractivity (Wildman–Crippen MR) is 142 cm³/mol. The number of carbonyl (C=O) groups excluding carboxylic acids is 2. The highest BCUT2D eigenvalue weighted by molar-refractivity contribution is 5.97. The molecule has 36 heavy (non-hydrogen) atoms. The van der Waals surface area contributed by atoms with Crippen LogP contribution in [-0.2, 0) is 19.9 Å². The normalized spacial score (nSPS) is 18.9. The van der Waals surface area contributed by atoms with Gasteiger partial charge in [-0.3, -0.25) is 4.79 Å². The summed E-state index contributed by atoms with van der Waals surface area (Å²) in [4.78, 5) is 26.3. The molecule has 1 N–H and O–H groups in total. The van der Waals surface area contributed by atoms with Crippen molar-refractivity contribution in [2.24, 2.45) is 33.5 Å². The maximum absolute atomic E-state index is 13.2. The number of hydrogen-bond acceptors (Lipinski definition) is 6. The Labute approximate surface area is 218 Å². The zero-order valence-corrected chi connectivity index (χ0v) is 24.5. The number of hydrogen-bond donors (Lipinski definition) is 1. The molecule has 0 spiro atoms. The van der Waals surface area contributed by atoms with Gasteiger partial charge in [-0.05, 0) is 27.7 Å². The SMILES string of the molecule is CC(C)(C)C(COc1cccc2c1C(=O)O[C@]2(CO)COC(=O)C(C(C)(C)C)C(C)(C)C)C(C)(C)C. The first-order chi connectivity index (χ1) is 16.1. The molecule has 0 aliphatic carbocycles. The van der Waals surface area contributed by atoms with Gasteiger partial charge in [0.15, 0.2) is 5.60 Å². The summed E-state index contributed by atoms with van der Waals surface area (Å²) in [6, 6.07) is 5.25. The van der Waals surface area contributed by atoms with Crippen molar-refractivity contribution in [3.05, 3.63) is 29.3 Å². The molecule has 1 aliphatic heterocycles. The molecule has 0 unspecified atom stereocenters. The number of esters is 2. The van der Waals surface area contributed by atoms with Crippen LogP contribution in [0, 0.1) is 33.5 Å². The molecule has 0 amide bonds. The Hall–Kier alpha value is -2.08. The summed E-state index contributed by atoms with van der Waals surface area (Å²) in [5.41, 5.74) is -1.37. The maximum atomic E-state index is 13.2. The number of fused-ring (bicyclic) bond motifs is 1. The molecule has 6 heteroatoms. The van der Waals surface area contributed by atoms with Crippen LogP contribution < -0.4 is 4.74 Å². The number of benzene rings is 1. The van der Waals surface area contributed by atoms with Crippen LogP contribution >= 0.6 is 0 Å². The lowest BCUT2D eigenvalue weighted by Gasteiger charge is -2.40. The van der Waals surface area contributed by atoms with E-state index in [1.54, 1.807) is 18.2 Å². The second-order valence-electron chi connectivity index (χ2n) is 14.6. The number of carbonyl (C=O) groups is 2. The lowest BCUT2D eigenvalue weighted by Crippen LogP contribution is -2.43. The number of cyclic esters (lactones) is 1. The molecule has 0 radical (unpaired) electrons. The molecule has 0 saturated carbocycles. The lowest BCUT2D eigenvalue weighted by atomic mass is 9.67. The van der Waals surface area contributed by atoms with Gasteiger partial charge in [-0.1, -0.05) is 95.2 Å².